The third-order valence-electron chi connectivity index (χ3n) is 11.8. The van der Waals surface area contributed by atoms with Crippen LogP contribution in [0.1, 0.15) is 69.0 Å². The third kappa shape index (κ3) is 11.4. The Kier molecular flexibility index (Phi) is 15.5. The number of anilines is 2. The van der Waals surface area contributed by atoms with Crippen molar-refractivity contribution in [2.24, 2.45) is 0 Å². The minimum atomic E-state index is -1.18. The van der Waals surface area contributed by atoms with Gasteiger partial charge in [-0.15, -0.1) is 11.3 Å². The topological polar surface area (TPSA) is 161 Å². The molecule has 4 aromatic rings. The lowest BCUT2D eigenvalue weighted by Crippen LogP contribution is -2.62. The average molecular weight is 907 g/mol. The summed E-state index contributed by atoms with van der Waals surface area (Å²) in [7, 11) is 0. The van der Waals surface area contributed by atoms with Crippen molar-refractivity contribution in [2.45, 2.75) is 77.0 Å². The number of rotatable bonds is 18. The Morgan fingerprint density at radius 2 is 1.73 bits per heavy atom. The molecule has 2 fully saturated rings. The number of pyridine rings is 1. The second-order valence-electron chi connectivity index (χ2n) is 17.2. The van der Waals surface area contributed by atoms with Crippen molar-refractivity contribution in [1.82, 2.24) is 30.8 Å². The zero-order valence-corrected chi connectivity index (χ0v) is 37.4. The van der Waals surface area contributed by atoms with Crippen molar-refractivity contribution in [3.05, 3.63) is 87.8 Å². The molecule has 4 N–H and O–H groups in total. The number of hydrogen-bond donors (Lipinski definition) is 4. The van der Waals surface area contributed by atoms with E-state index in [1.807, 2.05) is 31.7 Å². The summed E-state index contributed by atoms with van der Waals surface area (Å²) in [4.78, 5) is 55.4. The predicted molar refractivity (Wildman–Crippen MR) is 238 cm³/mol. The Balaban J connectivity index is 0.845. The van der Waals surface area contributed by atoms with Gasteiger partial charge in [-0.05, 0) is 67.6 Å². The molecule has 0 bridgehead atoms. The molecule has 2 aromatic heterocycles. The second kappa shape index (κ2) is 21.2. The normalized spacial score (nSPS) is 18.5. The number of nitrogens with zero attached hydrogens (tertiary/aromatic N) is 5. The molecule has 0 aliphatic carbocycles. The molecule has 344 valence electrons. The molecule has 3 aliphatic heterocycles. The Bertz CT molecular complexity index is 2270. The third-order valence-corrected chi connectivity index (χ3v) is 12.7. The molecular weight excluding hydrogens is 850 g/mol. The highest BCUT2D eigenvalue weighted by atomic mass is 32.1. The highest BCUT2D eigenvalue weighted by Gasteiger charge is 2.42. The van der Waals surface area contributed by atoms with Crippen LogP contribution in [0.2, 0.25) is 0 Å². The van der Waals surface area contributed by atoms with Gasteiger partial charge in [-0.25, -0.2) is 13.8 Å². The van der Waals surface area contributed by atoms with E-state index in [0.717, 1.165) is 40.9 Å². The Morgan fingerprint density at radius 3 is 2.47 bits per heavy atom. The number of benzene rings is 2. The van der Waals surface area contributed by atoms with E-state index >= 15 is 0 Å². The average Bonchev–Trinajstić information content (AvgIpc) is 3.88. The maximum absolute atomic E-state index is 14.9. The van der Waals surface area contributed by atoms with E-state index in [2.05, 4.69) is 25.8 Å². The SMILES string of the molecule is C[C@@H]1CN(CC(=O)N2CC(C)(C)c3nc(CO)c(Cc4ccc(F)cc4)cc32)[C@@H](C(=O)NCCCCCCNC(=O)COc2c(-c3csc(N4CCOCC4)n3)ccc(F)c2F)CN1. The van der Waals surface area contributed by atoms with Gasteiger partial charge >= 0.3 is 0 Å². The Morgan fingerprint density at radius 1 is 1.00 bits per heavy atom. The van der Waals surface area contributed by atoms with Crippen LogP contribution in [0, 0.1) is 17.5 Å². The number of carbonyl (C=O) groups is 3. The van der Waals surface area contributed by atoms with Gasteiger partial charge in [0, 0.05) is 68.2 Å². The molecular formula is C46H57F3N8O6S. The summed E-state index contributed by atoms with van der Waals surface area (Å²) in [6.07, 6.45) is 3.38. The van der Waals surface area contributed by atoms with E-state index in [4.69, 9.17) is 14.5 Å². The molecule has 0 radical (unpaired) electrons. The summed E-state index contributed by atoms with van der Waals surface area (Å²) in [6.45, 7) is 9.95. The lowest BCUT2D eigenvalue weighted by atomic mass is 9.90. The highest BCUT2D eigenvalue weighted by molar-refractivity contribution is 7.14. The number of fused-ring (bicyclic) bond motifs is 1. The Hall–Kier alpha value is -5.14. The van der Waals surface area contributed by atoms with Crippen LogP contribution in [-0.2, 0) is 37.6 Å². The van der Waals surface area contributed by atoms with Gasteiger partial charge < -0.3 is 40.3 Å². The summed E-state index contributed by atoms with van der Waals surface area (Å²) in [5.74, 6) is -3.75. The van der Waals surface area contributed by atoms with E-state index in [1.54, 1.807) is 22.4 Å². The zero-order chi connectivity index (χ0) is 45.4. The molecule has 7 rings (SSSR count). The number of halogens is 3. The van der Waals surface area contributed by atoms with Crippen molar-refractivity contribution in [2.75, 3.05) is 82.0 Å². The van der Waals surface area contributed by atoms with Crippen molar-refractivity contribution < 1.29 is 42.1 Å². The molecule has 3 aliphatic rings. The smallest absolute Gasteiger partial charge is 0.257 e. The van der Waals surface area contributed by atoms with Crippen LogP contribution in [0.4, 0.5) is 24.0 Å². The number of thiazole rings is 1. The molecule has 3 amide bonds. The van der Waals surface area contributed by atoms with Crippen LogP contribution >= 0.6 is 11.3 Å². The van der Waals surface area contributed by atoms with Crippen molar-refractivity contribution in [3.8, 4) is 17.0 Å². The summed E-state index contributed by atoms with van der Waals surface area (Å²) >= 11 is 1.39. The van der Waals surface area contributed by atoms with Crippen LogP contribution in [0.3, 0.4) is 0 Å². The number of aliphatic hydroxyl groups is 1. The molecule has 2 saturated heterocycles. The van der Waals surface area contributed by atoms with Gasteiger partial charge in [-0.3, -0.25) is 24.3 Å². The largest absolute Gasteiger partial charge is 0.480 e. The first-order chi connectivity index (χ1) is 30.8. The number of aromatic nitrogens is 2. The number of ether oxygens (including phenoxy) is 2. The van der Waals surface area contributed by atoms with Crippen LogP contribution in [0.25, 0.3) is 11.3 Å². The molecule has 5 heterocycles. The quantitative estimate of drug-likeness (QED) is 0.103. The fraction of sp³-hybridized carbons (Fsp3) is 0.500. The summed E-state index contributed by atoms with van der Waals surface area (Å²) in [6, 6.07) is 10.0. The molecule has 2 aromatic carbocycles. The first-order valence-electron chi connectivity index (χ1n) is 21.9. The van der Waals surface area contributed by atoms with Crippen LogP contribution < -0.4 is 30.5 Å². The molecule has 14 nitrogen and oxygen atoms in total. The highest BCUT2D eigenvalue weighted by Crippen LogP contribution is 2.41. The van der Waals surface area contributed by atoms with Gasteiger partial charge in [-0.2, -0.15) is 4.39 Å². The molecule has 18 heteroatoms. The van der Waals surface area contributed by atoms with Gasteiger partial charge in [-0.1, -0.05) is 38.8 Å². The standard InChI is InChI=1S/C46H57F3N8O6S/c1-29-23-56(24-40(60)57-28-46(2,3)43-37(57)21-31(35(25-58)53-43)20-30-8-10-32(47)11-9-30)38(22-52-29)44(61)51-15-7-5-4-6-14-50-39(59)26-63-42-33(12-13-34(48)41(42)49)36-27-64-45(54-36)55-16-18-62-19-17-55/h8-13,21,27,29,38,52,58H,4-7,14-20,22-26,28H2,1-3H3,(H,50,59)(H,51,61)/t29-,38-/m1/s1. The van der Waals surface area contributed by atoms with Crippen molar-refractivity contribution in [1.29, 1.82) is 0 Å². The molecule has 0 spiro atoms. The molecule has 0 unspecified atom stereocenters. The maximum atomic E-state index is 14.9. The lowest BCUT2D eigenvalue weighted by Gasteiger charge is -2.38. The van der Waals surface area contributed by atoms with Gasteiger partial charge in [0.15, 0.2) is 23.3 Å². The number of nitrogens with one attached hydrogen (secondary N) is 3. The van der Waals surface area contributed by atoms with E-state index < -0.39 is 35.6 Å². The van der Waals surface area contributed by atoms with E-state index in [0.29, 0.717) is 95.4 Å². The van der Waals surface area contributed by atoms with Crippen LogP contribution in [0.15, 0.2) is 47.8 Å². The number of aliphatic hydroxyl groups excluding tert-OH is 1. The van der Waals surface area contributed by atoms with Crippen LogP contribution in [-0.4, -0.2) is 122 Å². The maximum Gasteiger partial charge on any atom is 0.257 e. The number of piperazine rings is 1. The van der Waals surface area contributed by atoms with Crippen molar-refractivity contribution in [3.63, 3.8) is 0 Å². The first-order valence-corrected chi connectivity index (χ1v) is 22.8. The number of morpholine rings is 1. The lowest BCUT2D eigenvalue weighted by molar-refractivity contribution is -0.129. The number of amides is 3. The van der Waals surface area contributed by atoms with E-state index in [1.165, 1.54) is 29.5 Å². The van der Waals surface area contributed by atoms with Gasteiger partial charge in [0.25, 0.3) is 5.91 Å². The van der Waals surface area contributed by atoms with Gasteiger partial charge in [0.05, 0.1) is 49.1 Å². The summed E-state index contributed by atoms with van der Waals surface area (Å²) in [5, 5.41) is 21.9. The minimum Gasteiger partial charge on any atom is -0.480 e. The van der Waals surface area contributed by atoms with E-state index in [-0.39, 0.29) is 48.1 Å². The second-order valence-corrected chi connectivity index (χ2v) is 18.1. The monoisotopic (exact) mass is 906 g/mol. The molecule has 2 atom stereocenters. The summed E-state index contributed by atoms with van der Waals surface area (Å²) < 4.78 is 53.7. The molecule has 64 heavy (non-hydrogen) atoms. The fourth-order valence-electron chi connectivity index (χ4n) is 8.36. The number of carbonyl (C=O) groups excluding carboxylic acids is 3. The summed E-state index contributed by atoms with van der Waals surface area (Å²) in [5.41, 5.74) is 3.75. The van der Waals surface area contributed by atoms with Gasteiger partial charge in [0.1, 0.15) is 11.9 Å². The van der Waals surface area contributed by atoms with Gasteiger partial charge in [0.2, 0.25) is 17.6 Å². The zero-order valence-electron chi connectivity index (χ0n) is 36.6. The Labute approximate surface area is 375 Å². The minimum absolute atomic E-state index is 0.0335. The number of hydrogen-bond acceptors (Lipinski definition) is 12. The number of unbranched alkanes of at least 4 members (excludes halogenated alkanes) is 3. The fourth-order valence-corrected chi connectivity index (χ4v) is 9.24. The predicted octanol–water partition coefficient (Wildman–Crippen LogP) is 4.70. The van der Waals surface area contributed by atoms with Crippen LogP contribution in [0.5, 0.6) is 5.75 Å². The van der Waals surface area contributed by atoms with E-state index in [9.17, 15) is 32.7 Å². The first kappa shape index (κ1) is 46.8. The van der Waals surface area contributed by atoms with Crippen molar-refractivity contribution >= 4 is 39.9 Å². The molecule has 0 saturated carbocycles.